The smallest absolute Gasteiger partial charge is 0.193 e. The van der Waals surface area contributed by atoms with Crippen LogP contribution in [0.4, 0.5) is 4.39 Å². The van der Waals surface area contributed by atoms with Gasteiger partial charge in [-0.3, -0.25) is 4.99 Å². The minimum atomic E-state index is -0.202. The Hall–Kier alpha value is -1.60. The summed E-state index contributed by atoms with van der Waals surface area (Å²) in [7, 11) is 3.77. The molecule has 0 aliphatic rings. The Kier molecular flexibility index (Phi) is 6.85. The number of aromatic nitrogens is 1. The van der Waals surface area contributed by atoms with E-state index in [2.05, 4.69) is 25.6 Å². The number of thioether (sulfide) groups is 1. The average molecular weight is 353 g/mol. The van der Waals surface area contributed by atoms with Crippen molar-refractivity contribution in [1.82, 2.24) is 15.2 Å². The summed E-state index contributed by atoms with van der Waals surface area (Å²) in [5.41, 5.74) is 1.05. The minimum Gasteiger partial charge on any atom is -0.355 e. The van der Waals surface area contributed by atoms with Gasteiger partial charge >= 0.3 is 0 Å². The minimum absolute atomic E-state index is 0.202. The molecule has 0 fully saturated rings. The van der Waals surface area contributed by atoms with Gasteiger partial charge in [-0.05, 0) is 31.2 Å². The van der Waals surface area contributed by atoms with E-state index in [0.717, 1.165) is 40.4 Å². The summed E-state index contributed by atoms with van der Waals surface area (Å²) in [6.07, 6.45) is 0. The first kappa shape index (κ1) is 17.7. The molecule has 0 unspecified atom stereocenters. The molecule has 4 nitrogen and oxygen atoms in total. The Morgan fingerprint density at radius 3 is 2.74 bits per heavy atom. The SMILES string of the molecule is CN=C(NCCSc1ccc(F)cc1)N(C)Cc1csc(C)n1. The monoisotopic (exact) mass is 352 g/mol. The molecule has 0 saturated heterocycles. The van der Waals surface area contributed by atoms with Gasteiger partial charge in [-0.1, -0.05) is 0 Å². The van der Waals surface area contributed by atoms with Gasteiger partial charge in [-0.2, -0.15) is 0 Å². The second kappa shape index (κ2) is 8.88. The third-order valence-corrected chi connectivity index (χ3v) is 4.94. The molecule has 0 bridgehead atoms. The molecule has 1 aromatic carbocycles. The molecule has 124 valence electrons. The number of hydrogen-bond acceptors (Lipinski definition) is 4. The summed E-state index contributed by atoms with van der Waals surface area (Å²) in [6.45, 7) is 3.53. The molecule has 0 spiro atoms. The van der Waals surface area contributed by atoms with Crippen molar-refractivity contribution in [3.8, 4) is 0 Å². The maximum absolute atomic E-state index is 12.8. The van der Waals surface area contributed by atoms with Crippen LogP contribution >= 0.6 is 23.1 Å². The van der Waals surface area contributed by atoms with Crippen LogP contribution in [0.2, 0.25) is 0 Å². The zero-order chi connectivity index (χ0) is 16.7. The molecule has 7 heteroatoms. The molecule has 1 heterocycles. The van der Waals surface area contributed by atoms with Crippen molar-refractivity contribution < 1.29 is 4.39 Å². The Labute approximate surface area is 144 Å². The molecule has 2 rings (SSSR count). The Bertz CT molecular complexity index is 640. The molecule has 1 aromatic heterocycles. The van der Waals surface area contributed by atoms with Gasteiger partial charge in [0.2, 0.25) is 0 Å². The fraction of sp³-hybridized carbons (Fsp3) is 0.375. The predicted molar refractivity (Wildman–Crippen MR) is 96.8 cm³/mol. The second-order valence-electron chi connectivity index (χ2n) is 4.99. The molecular formula is C16H21FN4S2. The molecular weight excluding hydrogens is 331 g/mol. The molecule has 2 aromatic rings. The lowest BCUT2D eigenvalue weighted by molar-refractivity contribution is 0.473. The van der Waals surface area contributed by atoms with Crippen molar-refractivity contribution in [3.05, 3.63) is 46.2 Å². The topological polar surface area (TPSA) is 40.5 Å². The fourth-order valence-corrected chi connectivity index (χ4v) is 3.42. The lowest BCUT2D eigenvalue weighted by atomic mass is 10.4. The Morgan fingerprint density at radius 2 is 2.13 bits per heavy atom. The van der Waals surface area contributed by atoms with E-state index in [1.54, 1.807) is 42.3 Å². The molecule has 0 saturated carbocycles. The van der Waals surface area contributed by atoms with Crippen LogP contribution in [-0.4, -0.2) is 42.2 Å². The number of nitrogens with zero attached hydrogens (tertiary/aromatic N) is 3. The Morgan fingerprint density at radius 1 is 1.39 bits per heavy atom. The molecule has 1 N–H and O–H groups in total. The first-order chi connectivity index (χ1) is 11.1. The molecule has 0 aliphatic carbocycles. The Balaban J connectivity index is 1.75. The third kappa shape index (κ3) is 5.84. The van der Waals surface area contributed by atoms with E-state index in [1.165, 1.54) is 12.1 Å². The van der Waals surface area contributed by atoms with Gasteiger partial charge in [0.25, 0.3) is 0 Å². The average Bonchev–Trinajstić information content (AvgIpc) is 2.94. The van der Waals surface area contributed by atoms with Gasteiger partial charge in [-0.25, -0.2) is 9.37 Å². The summed E-state index contributed by atoms with van der Waals surface area (Å²) in [5, 5.41) is 6.48. The summed E-state index contributed by atoms with van der Waals surface area (Å²) < 4.78 is 12.8. The standard InChI is InChI=1S/C16H21FN4S2/c1-12-20-14(11-23-12)10-21(3)16(18-2)19-8-9-22-15-6-4-13(17)5-7-15/h4-7,11H,8-10H2,1-3H3,(H,18,19). The van der Waals surface area contributed by atoms with Crippen LogP contribution in [0.25, 0.3) is 0 Å². The van der Waals surface area contributed by atoms with Crippen LogP contribution < -0.4 is 5.32 Å². The van der Waals surface area contributed by atoms with Crippen molar-refractivity contribution in [2.45, 2.75) is 18.4 Å². The van der Waals surface area contributed by atoms with Crippen molar-refractivity contribution in [3.63, 3.8) is 0 Å². The van der Waals surface area contributed by atoms with Crippen LogP contribution in [0, 0.1) is 12.7 Å². The first-order valence-corrected chi connectivity index (χ1v) is 9.16. The zero-order valence-electron chi connectivity index (χ0n) is 13.5. The summed E-state index contributed by atoms with van der Waals surface area (Å²) in [5.74, 6) is 1.52. The van der Waals surface area contributed by atoms with Gasteiger partial charge in [-0.15, -0.1) is 23.1 Å². The lowest BCUT2D eigenvalue weighted by Crippen LogP contribution is -2.39. The molecule has 0 aliphatic heterocycles. The number of nitrogens with one attached hydrogen (secondary N) is 1. The van der Waals surface area contributed by atoms with E-state index in [-0.39, 0.29) is 5.82 Å². The number of thiazole rings is 1. The summed E-state index contributed by atoms with van der Waals surface area (Å²) in [4.78, 5) is 11.9. The molecule has 0 amide bonds. The van der Waals surface area contributed by atoms with Crippen LogP contribution in [0.3, 0.4) is 0 Å². The highest BCUT2D eigenvalue weighted by atomic mass is 32.2. The van der Waals surface area contributed by atoms with Crippen LogP contribution in [-0.2, 0) is 6.54 Å². The first-order valence-electron chi connectivity index (χ1n) is 7.29. The number of guanidine groups is 1. The number of rotatable bonds is 6. The number of benzene rings is 1. The van der Waals surface area contributed by atoms with Gasteiger partial charge in [0.15, 0.2) is 5.96 Å². The van der Waals surface area contributed by atoms with Crippen LogP contribution in [0.5, 0.6) is 0 Å². The highest BCUT2D eigenvalue weighted by Gasteiger charge is 2.08. The highest BCUT2D eigenvalue weighted by molar-refractivity contribution is 7.99. The normalized spacial score (nSPS) is 11.6. The maximum atomic E-state index is 12.8. The second-order valence-corrected chi connectivity index (χ2v) is 7.22. The highest BCUT2D eigenvalue weighted by Crippen LogP contribution is 2.17. The fourth-order valence-electron chi connectivity index (χ4n) is 2.05. The number of halogens is 1. The predicted octanol–water partition coefficient (Wildman–Crippen LogP) is 3.39. The van der Waals surface area contributed by atoms with Gasteiger partial charge in [0.05, 0.1) is 17.2 Å². The van der Waals surface area contributed by atoms with E-state index in [0.29, 0.717) is 0 Å². The van der Waals surface area contributed by atoms with E-state index >= 15 is 0 Å². The van der Waals surface area contributed by atoms with E-state index in [4.69, 9.17) is 0 Å². The number of aryl methyl sites for hydroxylation is 1. The van der Waals surface area contributed by atoms with Gasteiger partial charge in [0, 0.05) is 36.7 Å². The van der Waals surface area contributed by atoms with Crippen LogP contribution in [0.1, 0.15) is 10.7 Å². The van der Waals surface area contributed by atoms with Gasteiger partial charge in [0.1, 0.15) is 5.82 Å². The van der Waals surface area contributed by atoms with Crippen molar-refractivity contribution in [2.75, 3.05) is 26.4 Å². The van der Waals surface area contributed by atoms with Crippen molar-refractivity contribution >= 4 is 29.1 Å². The third-order valence-electron chi connectivity index (χ3n) is 3.11. The zero-order valence-corrected chi connectivity index (χ0v) is 15.2. The van der Waals surface area contributed by atoms with Crippen molar-refractivity contribution in [2.24, 2.45) is 4.99 Å². The van der Waals surface area contributed by atoms with E-state index < -0.39 is 0 Å². The lowest BCUT2D eigenvalue weighted by Gasteiger charge is -2.21. The molecule has 0 atom stereocenters. The van der Waals surface area contributed by atoms with Crippen LogP contribution in [0.15, 0.2) is 39.5 Å². The quantitative estimate of drug-likeness (QED) is 0.374. The largest absolute Gasteiger partial charge is 0.355 e. The summed E-state index contributed by atoms with van der Waals surface area (Å²) >= 11 is 3.34. The number of hydrogen-bond donors (Lipinski definition) is 1. The van der Waals surface area contributed by atoms with E-state index in [9.17, 15) is 4.39 Å². The maximum Gasteiger partial charge on any atom is 0.193 e. The van der Waals surface area contributed by atoms with Crippen molar-refractivity contribution in [1.29, 1.82) is 0 Å². The molecule has 0 radical (unpaired) electrons. The summed E-state index contributed by atoms with van der Waals surface area (Å²) in [6, 6.07) is 6.56. The van der Waals surface area contributed by atoms with E-state index in [1.807, 2.05) is 14.0 Å². The number of aliphatic imine (C=N–C) groups is 1. The van der Waals surface area contributed by atoms with Gasteiger partial charge < -0.3 is 10.2 Å². The molecule has 23 heavy (non-hydrogen) atoms.